The quantitative estimate of drug-likeness (QED) is 0.126. The Bertz CT molecular complexity index is 1760. The Morgan fingerprint density at radius 1 is 0.474 bits per heavy atom. The summed E-state index contributed by atoms with van der Waals surface area (Å²) in [6.07, 6.45) is 1.05. The van der Waals surface area contributed by atoms with Crippen LogP contribution in [0.1, 0.15) is 41.0 Å². The molecule has 4 aromatic rings. The SMILES string of the molecule is CCOc1c(OC)cc(-c2ccc(C(=O)N3CCN(CCCN4CCN(C(=O)c5ccc(-c6cc(OC)c(OCC)c(OC)c6)cc5)CC4)CC3)cc2)cc1OC. The van der Waals surface area contributed by atoms with Crippen molar-refractivity contribution >= 4 is 11.8 Å². The molecule has 2 fully saturated rings. The summed E-state index contributed by atoms with van der Waals surface area (Å²) in [6.45, 7) is 13.1. The van der Waals surface area contributed by atoms with Gasteiger partial charge in [0.2, 0.25) is 11.5 Å². The summed E-state index contributed by atoms with van der Waals surface area (Å²) in [5, 5.41) is 0. The molecule has 12 heteroatoms. The van der Waals surface area contributed by atoms with Crippen molar-refractivity contribution in [3.05, 3.63) is 83.9 Å². The highest BCUT2D eigenvalue weighted by Crippen LogP contribution is 2.43. The van der Waals surface area contributed by atoms with Crippen molar-refractivity contribution in [1.29, 1.82) is 0 Å². The molecule has 0 aliphatic carbocycles. The van der Waals surface area contributed by atoms with Gasteiger partial charge in [-0.05, 0) is 104 Å². The standard InChI is InChI=1S/C45H56N4O8/c1-7-56-42-38(52-3)28-36(29-39(42)53-4)32-10-14-34(15-11-32)44(50)48-24-20-46(21-25-48)18-9-19-47-22-26-49(27-23-47)45(51)35-16-12-33(13-17-35)37-30-40(54-5)43(57-8-2)41(31-37)55-6/h10-17,28-31H,7-9,18-27H2,1-6H3. The van der Waals surface area contributed by atoms with Gasteiger partial charge in [0.1, 0.15) is 0 Å². The molecule has 0 bridgehead atoms. The van der Waals surface area contributed by atoms with E-state index in [4.69, 9.17) is 28.4 Å². The normalized spacial score (nSPS) is 14.9. The fraction of sp³-hybridized carbons (Fsp3) is 0.422. The zero-order chi connectivity index (χ0) is 40.3. The number of hydrogen-bond acceptors (Lipinski definition) is 10. The number of carbonyl (C=O) groups excluding carboxylic acids is 2. The van der Waals surface area contributed by atoms with Gasteiger partial charge in [-0.1, -0.05) is 24.3 Å². The number of amides is 2. The first kappa shape index (κ1) is 41.2. The van der Waals surface area contributed by atoms with Crippen molar-refractivity contribution in [2.24, 2.45) is 0 Å². The van der Waals surface area contributed by atoms with Gasteiger partial charge in [-0.15, -0.1) is 0 Å². The highest BCUT2D eigenvalue weighted by molar-refractivity contribution is 5.95. The monoisotopic (exact) mass is 780 g/mol. The minimum atomic E-state index is 0.0559. The third-order valence-electron chi connectivity index (χ3n) is 10.7. The number of rotatable bonds is 16. The highest BCUT2D eigenvalue weighted by Gasteiger charge is 2.25. The van der Waals surface area contributed by atoms with E-state index >= 15 is 0 Å². The zero-order valence-corrected chi connectivity index (χ0v) is 34.2. The molecule has 2 aliphatic rings. The summed E-state index contributed by atoms with van der Waals surface area (Å²) in [4.78, 5) is 35.6. The molecule has 0 spiro atoms. The molecule has 57 heavy (non-hydrogen) atoms. The number of nitrogens with zero attached hydrogens (tertiary/aromatic N) is 4. The van der Waals surface area contributed by atoms with Crippen LogP contribution in [-0.2, 0) is 0 Å². The number of piperazine rings is 2. The number of carbonyl (C=O) groups is 2. The fourth-order valence-electron chi connectivity index (χ4n) is 7.51. The molecule has 2 amide bonds. The third-order valence-corrected chi connectivity index (χ3v) is 10.7. The summed E-state index contributed by atoms with van der Waals surface area (Å²) < 4.78 is 33.8. The van der Waals surface area contributed by atoms with Crippen molar-refractivity contribution in [3.63, 3.8) is 0 Å². The Labute approximate surface area is 336 Å². The predicted molar refractivity (Wildman–Crippen MR) is 222 cm³/mol. The van der Waals surface area contributed by atoms with Crippen molar-refractivity contribution in [3.8, 4) is 56.8 Å². The Morgan fingerprint density at radius 2 is 0.789 bits per heavy atom. The molecule has 0 radical (unpaired) electrons. The van der Waals surface area contributed by atoms with Crippen LogP contribution in [0.15, 0.2) is 72.8 Å². The molecule has 0 saturated carbocycles. The Hall–Kier alpha value is -5.46. The van der Waals surface area contributed by atoms with Gasteiger partial charge in [-0.25, -0.2) is 0 Å². The summed E-state index contributed by atoms with van der Waals surface area (Å²) in [5.74, 6) is 3.67. The summed E-state index contributed by atoms with van der Waals surface area (Å²) >= 11 is 0. The molecule has 0 N–H and O–H groups in total. The lowest BCUT2D eigenvalue weighted by molar-refractivity contribution is 0.0606. The van der Waals surface area contributed by atoms with Crippen LogP contribution in [0.25, 0.3) is 22.3 Å². The average molecular weight is 781 g/mol. The van der Waals surface area contributed by atoms with E-state index in [0.717, 1.165) is 67.9 Å². The molecular formula is C45H56N4O8. The van der Waals surface area contributed by atoms with E-state index < -0.39 is 0 Å². The van der Waals surface area contributed by atoms with Crippen molar-refractivity contribution < 1.29 is 38.0 Å². The molecular weight excluding hydrogens is 725 g/mol. The number of hydrogen-bond donors (Lipinski definition) is 0. The lowest BCUT2D eigenvalue weighted by Crippen LogP contribution is -2.50. The van der Waals surface area contributed by atoms with E-state index in [1.54, 1.807) is 28.4 Å². The smallest absolute Gasteiger partial charge is 0.253 e. The molecule has 2 saturated heterocycles. The number of methoxy groups -OCH3 is 4. The van der Waals surface area contributed by atoms with Crippen LogP contribution in [0, 0.1) is 0 Å². The first-order chi connectivity index (χ1) is 27.8. The second kappa shape index (κ2) is 19.6. The van der Waals surface area contributed by atoms with Crippen LogP contribution in [0.3, 0.4) is 0 Å². The van der Waals surface area contributed by atoms with Crippen LogP contribution in [0.5, 0.6) is 34.5 Å². The van der Waals surface area contributed by atoms with Crippen LogP contribution < -0.4 is 28.4 Å². The van der Waals surface area contributed by atoms with Crippen LogP contribution in [0.4, 0.5) is 0 Å². The van der Waals surface area contributed by atoms with E-state index in [-0.39, 0.29) is 11.8 Å². The van der Waals surface area contributed by atoms with E-state index in [9.17, 15) is 9.59 Å². The van der Waals surface area contributed by atoms with E-state index in [0.29, 0.717) is 85.0 Å². The van der Waals surface area contributed by atoms with Crippen molar-refractivity contribution in [2.45, 2.75) is 20.3 Å². The number of benzene rings is 4. The molecule has 4 aromatic carbocycles. The largest absolute Gasteiger partial charge is 0.493 e. The lowest BCUT2D eigenvalue weighted by Gasteiger charge is -2.37. The fourth-order valence-corrected chi connectivity index (χ4v) is 7.51. The molecule has 304 valence electrons. The van der Waals surface area contributed by atoms with Gasteiger partial charge in [-0.3, -0.25) is 19.4 Å². The Balaban J connectivity index is 0.922. The maximum atomic E-state index is 13.4. The van der Waals surface area contributed by atoms with Gasteiger partial charge in [0, 0.05) is 63.5 Å². The van der Waals surface area contributed by atoms with E-state index in [1.165, 1.54) is 0 Å². The maximum Gasteiger partial charge on any atom is 0.253 e. The van der Waals surface area contributed by atoms with Gasteiger partial charge in [0.25, 0.3) is 11.8 Å². The molecule has 2 aliphatic heterocycles. The molecule has 6 rings (SSSR count). The molecule has 2 heterocycles. The molecule has 12 nitrogen and oxygen atoms in total. The summed E-state index contributed by atoms with van der Waals surface area (Å²) in [7, 11) is 6.44. The van der Waals surface area contributed by atoms with Gasteiger partial charge in [0.05, 0.1) is 41.7 Å². The highest BCUT2D eigenvalue weighted by atomic mass is 16.5. The molecule has 0 unspecified atom stereocenters. The first-order valence-corrected chi connectivity index (χ1v) is 19.8. The predicted octanol–water partition coefficient (Wildman–Crippen LogP) is 6.46. The lowest BCUT2D eigenvalue weighted by atomic mass is 10.0. The summed E-state index contributed by atoms with van der Waals surface area (Å²) in [6, 6.07) is 23.1. The van der Waals surface area contributed by atoms with Gasteiger partial charge in [-0.2, -0.15) is 0 Å². The molecule has 0 aromatic heterocycles. The van der Waals surface area contributed by atoms with Crippen molar-refractivity contribution in [2.75, 3.05) is 107 Å². The second-order valence-corrected chi connectivity index (χ2v) is 14.1. The molecule has 0 atom stereocenters. The van der Waals surface area contributed by atoms with Crippen LogP contribution in [0.2, 0.25) is 0 Å². The van der Waals surface area contributed by atoms with Crippen molar-refractivity contribution in [1.82, 2.24) is 19.6 Å². The third kappa shape index (κ3) is 9.75. The minimum Gasteiger partial charge on any atom is -0.493 e. The maximum absolute atomic E-state index is 13.4. The second-order valence-electron chi connectivity index (χ2n) is 14.1. The summed E-state index contributed by atoms with van der Waals surface area (Å²) in [5.41, 5.74) is 5.11. The topological polar surface area (TPSA) is 102 Å². The zero-order valence-electron chi connectivity index (χ0n) is 34.2. The van der Waals surface area contributed by atoms with Gasteiger partial charge in [0.15, 0.2) is 23.0 Å². The van der Waals surface area contributed by atoms with Gasteiger partial charge < -0.3 is 38.2 Å². The minimum absolute atomic E-state index is 0.0559. The van der Waals surface area contributed by atoms with Crippen LogP contribution in [-0.4, -0.2) is 139 Å². The first-order valence-electron chi connectivity index (χ1n) is 19.8. The van der Waals surface area contributed by atoms with E-state index in [2.05, 4.69) is 9.80 Å². The average Bonchev–Trinajstić information content (AvgIpc) is 3.26. The number of ether oxygens (including phenoxy) is 6. The van der Waals surface area contributed by atoms with Gasteiger partial charge >= 0.3 is 0 Å². The van der Waals surface area contributed by atoms with Crippen LogP contribution >= 0.6 is 0 Å². The Morgan fingerprint density at radius 3 is 1.07 bits per heavy atom. The Kier molecular flexibility index (Phi) is 14.2. The van der Waals surface area contributed by atoms with E-state index in [1.807, 2.05) is 96.4 Å².